The van der Waals surface area contributed by atoms with Crippen LogP contribution in [-0.2, 0) is 14.7 Å². The van der Waals surface area contributed by atoms with Crippen LogP contribution in [0.5, 0.6) is 0 Å². The van der Waals surface area contributed by atoms with Crippen molar-refractivity contribution in [3.63, 3.8) is 0 Å². The molecule has 1 saturated heterocycles. The fourth-order valence-corrected chi connectivity index (χ4v) is 2.53. The van der Waals surface area contributed by atoms with Crippen molar-refractivity contribution in [1.82, 2.24) is 4.31 Å². The Labute approximate surface area is 74.0 Å². The van der Waals surface area contributed by atoms with Gasteiger partial charge in [0, 0.05) is 7.05 Å². The maximum Gasteiger partial charge on any atom is 0.109 e. The molecule has 0 bridgehead atoms. The van der Waals surface area contributed by atoms with Gasteiger partial charge >= 0.3 is 0 Å². The highest BCUT2D eigenvalue weighted by molar-refractivity contribution is 7.91. The highest BCUT2D eigenvalue weighted by Crippen LogP contribution is 2.20. The summed E-state index contributed by atoms with van der Waals surface area (Å²) in [5, 5.41) is 0. The molecule has 1 rings (SSSR count). The van der Waals surface area contributed by atoms with E-state index < -0.39 is 9.92 Å². The van der Waals surface area contributed by atoms with Gasteiger partial charge in [0.05, 0.1) is 24.5 Å². The van der Waals surface area contributed by atoms with Gasteiger partial charge in [-0.25, -0.2) is 13.3 Å². The molecule has 0 aromatic heterocycles. The maximum absolute atomic E-state index is 11.2. The quantitative estimate of drug-likeness (QED) is 0.715. The largest absolute Gasteiger partial charge is 0.377 e. The van der Waals surface area contributed by atoms with E-state index in [-0.39, 0.29) is 12.1 Å². The lowest BCUT2D eigenvalue weighted by Gasteiger charge is -2.39. The van der Waals surface area contributed by atoms with E-state index in [1.165, 1.54) is 0 Å². The molecule has 5 heteroatoms. The summed E-state index contributed by atoms with van der Waals surface area (Å²) in [5.74, 6) is 0.455. The van der Waals surface area contributed by atoms with Crippen molar-refractivity contribution in [3.8, 4) is 0 Å². The molecule has 4 nitrogen and oxygen atoms in total. The fraction of sp³-hybridized carbons (Fsp3) is 1.00. The molecule has 0 spiro atoms. The van der Waals surface area contributed by atoms with Crippen LogP contribution in [-0.4, -0.2) is 40.1 Å². The van der Waals surface area contributed by atoms with E-state index in [1.54, 1.807) is 11.4 Å². The minimum Gasteiger partial charge on any atom is -0.377 e. The van der Waals surface area contributed by atoms with Gasteiger partial charge in [0.25, 0.3) is 0 Å². The van der Waals surface area contributed by atoms with Crippen LogP contribution >= 0.6 is 0 Å². The zero-order valence-electron chi connectivity index (χ0n) is 7.74. The summed E-state index contributed by atoms with van der Waals surface area (Å²) in [6, 6.07) is 0.178. The van der Waals surface area contributed by atoms with Crippen LogP contribution in [0.1, 0.15) is 13.8 Å². The molecule has 0 saturated carbocycles. The molecule has 0 aromatic rings. The Balaban J connectivity index is 2.31. The molecule has 12 heavy (non-hydrogen) atoms. The molecule has 1 aliphatic heterocycles. The third-order valence-corrected chi connectivity index (χ3v) is 4.08. The highest BCUT2D eigenvalue weighted by Gasteiger charge is 2.36. The lowest BCUT2D eigenvalue weighted by molar-refractivity contribution is 0.0479. The van der Waals surface area contributed by atoms with Crippen LogP contribution in [0.15, 0.2) is 0 Å². The summed E-state index contributed by atoms with van der Waals surface area (Å²) in [4.78, 5) is 0. The van der Waals surface area contributed by atoms with Crippen molar-refractivity contribution in [3.05, 3.63) is 0 Å². The van der Waals surface area contributed by atoms with Gasteiger partial charge in [-0.1, -0.05) is 0 Å². The Morgan fingerprint density at radius 1 is 1.75 bits per heavy atom. The number of hydrogen-bond donors (Lipinski definition) is 1. The standard InChI is InChI=1S/C7H16N2O2S/c1-6(2)11-4-7-5-12(8,10)9(7)3/h6-8H,4-5H2,1-3H3. The van der Waals surface area contributed by atoms with E-state index in [2.05, 4.69) is 0 Å². The third kappa shape index (κ3) is 1.97. The second-order valence-electron chi connectivity index (χ2n) is 3.39. The lowest BCUT2D eigenvalue weighted by atomic mass is 10.3. The smallest absolute Gasteiger partial charge is 0.109 e. The van der Waals surface area contributed by atoms with E-state index >= 15 is 0 Å². The summed E-state index contributed by atoms with van der Waals surface area (Å²) in [6.45, 7) is 4.53. The van der Waals surface area contributed by atoms with Crippen LogP contribution in [0.2, 0.25) is 0 Å². The van der Waals surface area contributed by atoms with Crippen molar-refractivity contribution < 1.29 is 8.95 Å². The number of nitrogens with zero attached hydrogens (tertiary/aromatic N) is 1. The summed E-state index contributed by atoms with van der Waals surface area (Å²) in [7, 11) is -0.688. The summed E-state index contributed by atoms with van der Waals surface area (Å²) in [6.07, 6.45) is 0.209. The first kappa shape index (κ1) is 9.95. The predicted molar refractivity (Wildman–Crippen MR) is 48.4 cm³/mol. The minimum atomic E-state index is -2.40. The number of nitrogens with one attached hydrogen (secondary N) is 1. The SMILES string of the molecule is CC(C)OCC1CS(=N)(=O)N1C. The monoisotopic (exact) mass is 192 g/mol. The molecule has 1 fully saturated rings. The van der Waals surface area contributed by atoms with Crippen molar-refractivity contribution in [2.24, 2.45) is 0 Å². The van der Waals surface area contributed by atoms with E-state index in [1.807, 2.05) is 13.8 Å². The Bertz CT molecular complexity index is 248. The van der Waals surface area contributed by atoms with Crippen molar-refractivity contribution in [2.75, 3.05) is 19.4 Å². The zero-order valence-corrected chi connectivity index (χ0v) is 8.56. The van der Waals surface area contributed by atoms with E-state index in [4.69, 9.17) is 9.52 Å². The summed E-state index contributed by atoms with van der Waals surface area (Å²) < 4.78 is 25.4. The van der Waals surface area contributed by atoms with Gasteiger partial charge in [-0.2, -0.15) is 0 Å². The van der Waals surface area contributed by atoms with Crippen LogP contribution in [0.3, 0.4) is 0 Å². The molecular weight excluding hydrogens is 176 g/mol. The number of ether oxygens (including phenoxy) is 1. The first-order valence-corrected chi connectivity index (χ1v) is 5.73. The fourth-order valence-electron chi connectivity index (χ4n) is 1.10. The molecule has 1 aliphatic rings. The van der Waals surface area contributed by atoms with Gasteiger partial charge in [0.1, 0.15) is 9.92 Å². The van der Waals surface area contributed by atoms with E-state index in [0.29, 0.717) is 12.4 Å². The van der Waals surface area contributed by atoms with Crippen molar-refractivity contribution in [1.29, 1.82) is 4.78 Å². The topological polar surface area (TPSA) is 53.4 Å². The molecule has 1 heterocycles. The minimum absolute atomic E-state index is 0.178. The van der Waals surface area contributed by atoms with E-state index in [9.17, 15) is 4.21 Å². The molecule has 1 N–H and O–H groups in total. The van der Waals surface area contributed by atoms with Gasteiger partial charge in [-0.3, -0.25) is 0 Å². The highest BCUT2D eigenvalue weighted by atomic mass is 32.2. The van der Waals surface area contributed by atoms with Gasteiger partial charge in [0.2, 0.25) is 0 Å². The second-order valence-corrected chi connectivity index (χ2v) is 5.58. The normalized spacial score (nSPS) is 36.8. The number of rotatable bonds is 3. The zero-order chi connectivity index (χ0) is 9.35. The van der Waals surface area contributed by atoms with Gasteiger partial charge in [-0.05, 0) is 13.8 Å². The Hall–Kier alpha value is -0.130. The van der Waals surface area contributed by atoms with Crippen LogP contribution in [0.25, 0.3) is 0 Å². The Kier molecular flexibility index (Phi) is 2.75. The van der Waals surface area contributed by atoms with Crippen LogP contribution in [0.4, 0.5) is 0 Å². The average molecular weight is 192 g/mol. The first-order valence-electron chi connectivity index (χ1n) is 4.04. The second kappa shape index (κ2) is 3.32. The molecular formula is C7H16N2O2S. The molecule has 0 radical (unpaired) electrons. The Morgan fingerprint density at radius 3 is 2.67 bits per heavy atom. The predicted octanol–water partition coefficient (Wildman–Crippen LogP) is 0.687. The molecule has 0 amide bonds. The van der Waals surface area contributed by atoms with Gasteiger partial charge < -0.3 is 4.74 Å². The molecule has 0 aromatic carbocycles. The van der Waals surface area contributed by atoms with Crippen LogP contribution < -0.4 is 0 Å². The Morgan fingerprint density at radius 2 is 2.33 bits per heavy atom. The molecule has 2 atom stereocenters. The van der Waals surface area contributed by atoms with Gasteiger partial charge in [0.15, 0.2) is 0 Å². The summed E-state index contributed by atoms with van der Waals surface area (Å²) >= 11 is 0. The third-order valence-electron chi connectivity index (χ3n) is 2.02. The number of likely N-dealkylation sites (N-methyl/N-ethyl adjacent to an activating group) is 1. The summed E-state index contributed by atoms with van der Waals surface area (Å²) in [5.41, 5.74) is 0. The number of hydrogen-bond acceptors (Lipinski definition) is 3. The lowest BCUT2D eigenvalue weighted by Crippen LogP contribution is -2.55. The maximum atomic E-state index is 11.2. The molecule has 0 aliphatic carbocycles. The average Bonchev–Trinajstić information content (AvgIpc) is 1.97. The van der Waals surface area contributed by atoms with Gasteiger partial charge in [-0.15, -0.1) is 0 Å². The van der Waals surface area contributed by atoms with Crippen LogP contribution in [0, 0.1) is 4.78 Å². The van der Waals surface area contributed by atoms with Crippen molar-refractivity contribution >= 4 is 9.92 Å². The molecule has 72 valence electrons. The van der Waals surface area contributed by atoms with E-state index in [0.717, 1.165) is 0 Å². The first-order chi connectivity index (χ1) is 5.43. The van der Waals surface area contributed by atoms with Crippen molar-refractivity contribution in [2.45, 2.75) is 26.0 Å². The molecule has 2 unspecified atom stereocenters.